The molecule has 0 radical (unpaired) electrons. The fourth-order valence-electron chi connectivity index (χ4n) is 2.48. The molecule has 142 valence electrons. The van der Waals surface area contributed by atoms with E-state index >= 15 is 0 Å². The van der Waals surface area contributed by atoms with Crippen LogP contribution >= 0.6 is 0 Å². The van der Waals surface area contributed by atoms with E-state index in [4.69, 9.17) is 18.9 Å². The van der Waals surface area contributed by atoms with Crippen molar-refractivity contribution in [3.63, 3.8) is 0 Å². The van der Waals surface area contributed by atoms with E-state index in [1.165, 1.54) is 14.2 Å². The lowest BCUT2D eigenvalue weighted by atomic mass is 10.1. The van der Waals surface area contributed by atoms with Gasteiger partial charge < -0.3 is 24.3 Å². The van der Waals surface area contributed by atoms with Crippen LogP contribution in [0.25, 0.3) is 0 Å². The number of nitro benzene ring substituents is 1. The Morgan fingerprint density at radius 1 is 1.31 bits per heavy atom. The molecule has 1 saturated heterocycles. The lowest BCUT2D eigenvalue weighted by Gasteiger charge is -2.12. The molecule has 1 heterocycles. The molecule has 0 aromatic heterocycles. The average molecular weight is 368 g/mol. The molecule has 2 rings (SSSR count). The van der Waals surface area contributed by atoms with Gasteiger partial charge in [-0.2, -0.15) is 0 Å². The Bertz CT molecular complexity index is 685. The van der Waals surface area contributed by atoms with E-state index in [0.717, 1.165) is 25.0 Å². The zero-order chi connectivity index (χ0) is 19.1. The molecule has 0 aliphatic carbocycles. The number of benzene rings is 1. The number of esters is 1. The second kappa shape index (κ2) is 8.99. The van der Waals surface area contributed by atoms with Crippen molar-refractivity contribution in [3.8, 4) is 11.5 Å². The van der Waals surface area contributed by atoms with Crippen molar-refractivity contribution in [2.45, 2.75) is 18.9 Å². The minimum Gasteiger partial charge on any atom is -0.493 e. The summed E-state index contributed by atoms with van der Waals surface area (Å²) in [6, 6.07) is 2.20. The Morgan fingerprint density at radius 2 is 2.00 bits per heavy atom. The van der Waals surface area contributed by atoms with Gasteiger partial charge in [0.2, 0.25) is 0 Å². The number of methoxy groups -OCH3 is 2. The van der Waals surface area contributed by atoms with Crippen molar-refractivity contribution in [1.29, 1.82) is 0 Å². The van der Waals surface area contributed by atoms with E-state index < -0.39 is 29.1 Å². The number of carbonyl (C=O) groups is 2. The van der Waals surface area contributed by atoms with Gasteiger partial charge in [0.15, 0.2) is 18.1 Å². The van der Waals surface area contributed by atoms with Crippen molar-refractivity contribution >= 4 is 17.6 Å². The first kappa shape index (κ1) is 19.4. The summed E-state index contributed by atoms with van der Waals surface area (Å²) in [5.74, 6) is -1.29. The molecule has 0 saturated carbocycles. The van der Waals surface area contributed by atoms with Crippen LogP contribution in [-0.4, -0.2) is 56.9 Å². The first-order valence-corrected chi connectivity index (χ1v) is 7.92. The molecular weight excluding hydrogens is 348 g/mol. The Kier molecular flexibility index (Phi) is 6.73. The number of hydrogen-bond acceptors (Lipinski definition) is 8. The lowest BCUT2D eigenvalue weighted by molar-refractivity contribution is -0.385. The normalized spacial score (nSPS) is 16.0. The summed E-state index contributed by atoms with van der Waals surface area (Å²) in [6.07, 6.45) is 1.76. The standard InChI is InChI=1S/C16H20N2O8/c1-23-13-6-11(12(18(21)22)7-14(13)24-2)16(20)26-9-15(19)17-8-10-4-3-5-25-10/h6-7,10H,3-5,8-9H2,1-2H3,(H,17,19)/t10-/m1/s1. The Balaban J connectivity index is 2.01. The molecule has 1 amide bonds. The fourth-order valence-corrected chi connectivity index (χ4v) is 2.48. The first-order valence-electron chi connectivity index (χ1n) is 7.92. The van der Waals surface area contributed by atoms with Gasteiger partial charge in [0.1, 0.15) is 5.56 Å². The van der Waals surface area contributed by atoms with Gasteiger partial charge in [0, 0.05) is 19.2 Å². The van der Waals surface area contributed by atoms with E-state index in [-0.39, 0.29) is 23.2 Å². The zero-order valence-corrected chi connectivity index (χ0v) is 14.5. The number of amides is 1. The third-order valence-electron chi connectivity index (χ3n) is 3.80. The summed E-state index contributed by atoms with van der Waals surface area (Å²) in [4.78, 5) is 34.4. The Hall–Kier alpha value is -2.88. The predicted octanol–water partition coefficient (Wildman–Crippen LogP) is 1.06. The van der Waals surface area contributed by atoms with Crippen molar-refractivity contribution in [1.82, 2.24) is 5.32 Å². The van der Waals surface area contributed by atoms with Gasteiger partial charge in [-0.1, -0.05) is 0 Å². The summed E-state index contributed by atoms with van der Waals surface area (Å²) in [5.41, 5.74) is -0.841. The SMILES string of the molecule is COc1cc(C(=O)OCC(=O)NC[C@H]2CCCO2)c([N+](=O)[O-])cc1OC. The highest BCUT2D eigenvalue weighted by atomic mass is 16.6. The van der Waals surface area contributed by atoms with E-state index in [1.807, 2.05) is 0 Å². The van der Waals surface area contributed by atoms with Crippen LogP contribution in [0.1, 0.15) is 23.2 Å². The molecule has 0 unspecified atom stereocenters. The van der Waals surface area contributed by atoms with Crippen molar-refractivity contribution < 1.29 is 33.5 Å². The molecule has 1 fully saturated rings. The van der Waals surface area contributed by atoms with Crippen LogP contribution < -0.4 is 14.8 Å². The van der Waals surface area contributed by atoms with Crippen molar-refractivity contribution in [3.05, 3.63) is 27.8 Å². The van der Waals surface area contributed by atoms with Gasteiger partial charge in [0.25, 0.3) is 11.6 Å². The molecule has 10 heteroatoms. The van der Waals surface area contributed by atoms with Crippen LogP contribution in [0.2, 0.25) is 0 Å². The van der Waals surface area contributed by atoms with E-state index in [9.17, 15) is 19.7 Å². The lowest BCUT2D eigenvalue weighted by Crippen LogP contribution is -2.34. The molecule has 26 heavy (non-hydrogen) atoms. The Labute approximate surface area is 149 Å². The molecule has 10 nitrogen and oxygen atoms in total. The summed E-state index contributed by atoms with van der Waals surface area (Å²) in [6.45, 7) is 0.433. The third kappa shape index (κ3) is 4.82. The van der Waals surface area contributed by atoms with Crippen LogP contribution in [0, 0.1) is 10.1 Å². The minimum atomic E-state index is -1.01. The third-order valence-corrected chi connectivity index (χ3v) is 3.80. The smallest absolute Gasteiger partial charge is 0.345 e. The average Bonchev–Trinajstić information content (AvgIpc) is 3.16. The highest BCUT2D eigenvalue weighted by Gasteiger charge is 2.26. The number of nitro groups is 1. The predicted molar refractivity (Wildman–Crippen MR) is 88.5 cm³/mol. The first-order chi connectivity index (χ1) is 12.5. The van der Waals surface area contributed by atoms with E-state index in [2.05, 4.69) is 5.32 Å². The highest BCUT2D eigenvalue weighted by molar-refractivity contribution is 5.96. The number of nitrogens with zero attached hydrogens (tertiary/aromatic N) is 1. The van der Waals surface area contributed by atoms with Gasteiger partial charge in [-0.05, 0) is 12.8 Å². The maximum Gasteiger partial charge on any atom is 0.345 e. The monoisotopic (exact) mass is 368 g/mol. The zero-order valence-electron chi connectivity index (χ0n) is 14.5. The molecular formula is C16H20N2O8. The topological polar surface area (TPSA) is 126 Å². The van der Waals surface area contributed by atoms with Crippen LogP contribution in [0.15, 0.2) is 12.1 Å². The molecule has 1 aliphatic rings. The molecule has 1 N–H and O–H groups in total. The molecule has 1 aliphatic heterocycles. The summed E-state index contributed by atoms with van der Waals surface area (Å²) < 4.78 is 20.3. The summed E-state index contributed by atoms with van der Waals surface area (Å²) in [5, 5.41) is 13.8. The Morgan fingerprint density at radius 3 is 2.58 bits per heavy atom. The fraction of sp³-hybridized carbons (Fsp3) is 0.500. The van der Waals surface area contributed by atoms with Crippen LogP contribution in [-0.2, 0) is 14.3 Å². The van der Waals surface area contributed by atoms with Crippen LogP contribution in [0.4, 0.5) is 5.69 Å². The van der Waals surface area contributed by atoms with Crippen LogP contribution in [0.5, 0.6) is 11.5 Å². The number of ether oxygens (including phenoxy) is 4. The number of nitrogens with one attached hydrogen (secondary N) is 1. The highest BCUT2D eigenvalue weighted by Crippen LogP contribution is 2.34. The second-order valence-electron chi connectivity index (χ2n) is 5.50. The summed E-state index contributed by atoms with van der Waals surface area (Å²) in [7, 11) is 2.65. The molecule has 0 spiro atoms. The number of rotatable bonds is 8. The second-order valence-corrected chi connectivity index (χ2v) is 5.50. The van der Waals surface area contributed by atoms with Gasteiger partial charge in [-0.3, -0.25) is 14.9 Å². The molecule has 0 bridgehead atoms. The van der Waals surface area contributed by atoms with Gasteiger partial charge in [-0.25, -0.2) is 4.79 Å². The van der Waals surface area contributed by atoms with Gasteiger partial charge >= 0.3 is 5.97 Å². The summed E-state index contributed by atoms with van der Waals surface area (Å²) >= 11 is 0. The molecule has 1 aromatic carbocycles. The van der Waals surface area contributed by atoms with Gasteiger partial charge in [-0.15, -0.1) is 0 Å². The van der Waals surface area contributed by atoms with Crippen LogP contribution in [0.3, 0.4) is 0 Å². The maximum atomic E-state index is 12.2. The number of hydrogen-bond donors (Lipinski definition) is 1. The largest absolute Gasteiger partial charge is 0.493 e. The minimum absolute atomic E-state index is 0.0402. The number of carbonyl (C=O) groups excluding carboxylic acids is 2. The van der Waals surface area contributed by atoms with E-state index in [1.54, 1.807) is 0 Å². The molecule has 1 atom stereocenters. The van der Waals surface area contributed by atoms with Crippen molar-refractivity contribution in [2.75, 3.05) is 34.0 Å². The van der Waals surface area contributed by atoms with Gasteiger partial charge in [0.05, 0.1) is 31.3 Å². The molecule has 1 aromatic rings. The maximum absolute atomic E-state index is 12.2. The van der Waals surface area contributed by atoms with E-state index in [0.29, 0.717) is 13.2 Å². The van der Waals surface area contributed by atoms with Crippen molar-refractivity contribution in [2.24, 2.45) is 0 Å². The quantitative estimate of drug-likeness (QED) is 0.410.